The predicted octanol–water partition coefficient (Wildman–Crippen LogP) is 1.15. The fourth-order valence-electron chi connectivity index (χ4n) is 2.89. The van der Waals surface area contributed by atoms with Crippen LogP contribution in [-0.4, -0.2) is 36.9 Å². The van der Waals surface area contributed by atoms with E-state index in [1.165, 1.54) is 10.7 Å². The van der Waals surface area contributed by atoms with Crippen molar-refractivity contribution in [3.05, 3.63) is 42.5 Å². The number of amides is 1. The Morgan fingerprint density at radius 3 is 3.09 bits per heavy atom. The summed E-state index contributed by atoms with van der Waals surface area (Å²) in [6.45, 7) is 4.45. The maximum Gasteiger partial charge on any atom is 0.266 e. The van der Waals surface area contributed by atoms with Gasteiger partial charge in [-0.25, -0.2) is 8.91 Å². The second-order valence-corrected chi connectivity index (χ2v) is 5.84. The zero-order chi connectivity index (χ0) is 16.6. The highest BCUT2D eigenvalue weighted by Gasteiger charge is 2.27. The molecular formula is C14H14FN4O3S-. The van der Waals surface area contributed by atoms with E-state index in [9.17, 15) is 17.9 Å². The summed E-state index contributed by atoms with van der Waals surface area (Å²) in [4.78, 5) is 13.8. The van der Waals surface area contributed by atoms with Crippen molar-refractivity contribution in [3.8, 4) is 0 Å². The number of anilines is 1. The fraction of sp³-hybridized carbons (Fsp3) is 0.286. The van der Waals surface area contributed by atoms with Crippen LogP contribution in [0.3, 0.4) is 0 Å². The minimum atomic E-state index is -2.78. The monoisotopic (exact) mass is 337 g/mol. The third-order valence-corrected chi connectivity index (χ3v) is 4.26. The highest BCUT2D eigenvalue weighted by atomic mass is 32.2. The lowest BCUT2D eigenvalue weighted by atomic mass is 10.2. The Morgan fingerprint density at radius 2 is 2.39 bits per heavy atom. The van der Waals surface area contributed by atoms with Crippen LogP contribution in [0.1, 0.15) is 23.2 Å². The maximum atomic E-state index is 15.0. The van der Waals surface area contributed by atoms with Crippen LogP contribution >= 0.6 is 0 Å². The molecule has 1 saturated heterocycles. The van der Waals surface area contributed by atoms with E-state index in [2.05, 4.69) is 11.7 Å². The summed E-state index contributed by atoms with van der Waals surface area (Å²) in [7, 11) is 0. The Labute approximate surface area is 134 Å². The molecule has 9 heteroatoms. The topological polar surface area (TPSA) is 89.8 Å². The molecule has 0 aliphatic carbocycles. The third kappa shape index (κ3) is 2.73. The van der Waals surface area contributed by atoms with Crippen LogP contribution in [0.15, 0.2) is 31.1 Å². The van der Waals surface area contributed by atoms with Crippen molar-refractivity contribution >= 4 is 28.4 Å². The van der Waals surface area contributed by atoms with Gasteiger partial charge in [-0.2, -0.15) is 5.10 Å². The van der Waals surface area contributed by atoms with Crippen LogP contribution in [0.25, 0.3) is 5.52 Å². The Bertz CT molecular complexity index is 807. The number of pyridine rings is 1. The van der Waals surface area contributed by atoms with Gasteiger partial charge < -0.3 is 9.45 Å². The zero-order valence-corrected chi connectivity index (χ0v) is 12.9. The van der Waals surface area contributed by atoms with Crippen LogP contribution in [-0.2, 0) is 11.3 Å². The summed E-state index contributed by atoms with van der Waals surface area (Å²) in [6, 6.07) is 1.62. The summed E-state index contributed by atoms with van der Waals surface area (Å²) in [6.07, 6.45) is 6.25. The molecule has 2 atom stereocenters. The largest absolute Gasteiger partial charge is 0.755 e. The number of halogens is 1. The van der Waals surface area contributed by atoms with Gasteiger partial charge >= 0.3 is 0 Å². The highest BCUT2D eigenvalue weighted by molar-refractivity contribution is 7.77. The van der Waals surface area contributed by atoms with Gasteiger partial charge in [0, 0.05) is 30.0 Å². The summed E-state index contributed by atoms with van der Waals surface area (Å²) in [5, 5.41) is 3.89. The van der Waals surface area contributed by atoms with E-state index in [0.717, 1.165) is 19.0 Å². The third-order valence-electron chi connectivity index (χ3n) is 3.90. The first-order valence-electron chi connectivity index (χ1n) is 6.98. The number of nitrogens with one attached hydrogen (secondary N) is 1. The number of carbonyl (C=O) groups is 1. The van der Waals surface area contributed by atoms with Gasteiger partial charge in [0.2, 0.25) is 0 Å². The average molecular weight is 337 g/mol. The number of fused-ring (bicyclic) bond motifs is 1. The van der Waals surface area contributed by atoms with Gasteiger partial charge in [0.25, 0.3) is 5.91 Å². The summed E-state index contributed by atoms with van der Waals surface area (Å²) < 4.78 is 39.1. The zero-order valence-electron chi connectivity index (χ0n) is 12.1. The Hall–Kier alpha value is -2.26. The van der Waals surface area contributed by atoms with Crippen LogP contribution in [0.4, 0.5) is 10.1 Å². The van der Waals surface area contributed by atoms with Crippen LogP contribution in [0.2, 0.25) is 0 Å². The number of carbonyl (C=O) groups excluding carboxylic acids is 1. The quantitative estimate of drug-likeness (QED) is 0.668. The van der Waals surface area contributed by atoms with E-state index >= 15 is 0 Å². The predicted molar refractivity (Wildman–Crippen MR) is 82.1 cm³/mol. The lowest BCUT2D eigenvalue weighted by Gasteiger charge is -2.25. The number of hydrogen-bond donors (Lipinski definition) is 1. The van der Waals surface area contributed by atoms with Gasteiger partial charge in [-0.1, -0.05) is 6.08 Å². The van der Waals surface area contributed by atoms with Crippen molar-refractivity contribution in [1.82, 2.24) is 14.3 Å². The Balaban J connectivity index is 2.09. The van der Waals surface area contributed by atoms with Crippen LogP contribution in [0.5, 0.6) is 0 Å². The van der Waals surface area contributed by atoms with Gasteiger partial charge in [0.05, 0.1) is 17.4 Å². The van der Waals surface area contributed by atoms with Gasteiger partial charge in [-0.05, 0) is 18.9 Å². The second kappa shape index (κ2) is 6.09. The molecule has 23 heavy (non-hydrogen) atoms. The number of rotatable bonds is 4. The molecule has 7 nitrogen and oxygen atoms in total. The van der Waals surface area contributed by atoms with Gasteiger partial charge in [-0.15, -0.1) is 6.58 Å². The van der Waals surface area contributed by atoms with Gasteiger partial charge in [-0.3, -0.25) is 13.7 Å². The van der Waals surface area contributed by atoms with Crippen LogP contribution < -0.4 is 9.62 Å². The van der Waals surface area contributed by atoms with Crippen LogP contribution in [0, 0.1) is 5.82 Å². The van der Waals surface area contributed by atoms with Crippen molar-refractivity contribution in [2.45, 2.75) is 18.9 Å². The first-order chi connectivity index (χ1) is 11.0. The minimum absolute atomic E-state index is 0.0290. The molecule has 0 radical (unpaired) electrons. The molecule has 3 rings (SSSR count). The molecule has 1 amide bonds. The van der Waals surface area contributed by atoms with Crippen molar-refractivity contribution in [1.29, 1.82) is 0 Å². The van der Waals surface area contributed by atoms with E-state index in [1.807, 2.05) is 4.90 Å². The Morgan fingerprint density at radius 1 is 1.61 bits per heavy atom. The fourth-order valence-corrected chi connectivity index (χ4v) is 3.15. The summed E-state index contributed by atoms with van der Waals surface area (Å²) in [5.41, 5.74) is 0.153. The minimum Gasteiger partial charge on any atom is -0.755 e. The van der Waals surface area contributed by atoms with Crippen molar-refractivity contribution in [3.63, 3.8) is 0 Å². The Kier molecular flexibility index (Phi) is 4.14. The van der Waals surface area contributed by atoms with E-state index in [0.29, 0.717) is 12.2 Å². The van der Waals surface area contributed by atoms with E-state index < -0.39 is 23.0 Å². The van der Waals surface area contributed by atoms with E-state index in [-0.39, 0.29) is 17.1 Å². The van der Waals surface area contributed by atoms with E-state index in [4.69, 9.17) is 0 Å². The molecule has 2 aromatic heterocycles. The standard InChI is InChI=1S/C14H15FN4O3S/c1-2-9-4-3-6-18(9)11-5-7-19-13(12(11)15)10(8-16-19)14(20)17-23(21)22/h2,5,7-9H,1,3-4,6H2,(H,17,20)(H,21,22)/p-1. The molecule has 0 spiro atoms. The lowest BCUT2D eigenvalue weighted by Crippen LogP contribution is -2.28. The lowest BCUT2D eigenvalue weighted by molar-refractivity contribution is 0.0982. The molecule has 0 bridgehead atoms. The molecule has 0 saturated carbocycles. The normalized spacial score (nSPS) is 19.0. The molecular weight excluding hydrogens is 323 g/mol. The van der Waals surface area contributed by atoms with E-state index in [1.54, 1.807) is 16.9 Å². The summed E-state index contributed by atoms with van der Waals surface area (Å²) >= 11 is -2.78. The maximum absolute atomic E-state index is 15.0. The first kappa shape index (κ1) is 15.6. The molecule has 0 aromatic carbocycles. The molecule has 3 heterocycles. The SMILES string of the molecule is C=CC1CCCN1c1ccn2ncc(C(=O)NS(=O)[O-])c2c1F. The van der Waals surface area contributed by atoms with Gasteiger partial charge in [0.15, 0.2) is 5.82 Å². The molecule has 1 N–H and O–H groups in total. The number of hydrogen-bond acceptors (Lipinski definition) is 5. The summed E-state index contributed by atoms with van der Waals surface area (Å²) in [5.74, 6) is -1.54. The smallest absolute Gasteiger partial charge is 0.266 e. The second-order valence-electron chi connectivity index (χ2n) is 5.17. The number of nitrogens with zero attached hydrogens (tertiary/aromatic N) is 3. The molecule has 1 aliphatic heterocycles. The highest BCUT2D eigenvalue weighted by Crippen LogP contribution is 2.31. The molecule has 1 fully saturated rings. The molecule has 2 unspecified atom stereocenters. The van der Waals surface area contributed by atoms with Crippen molar-refractivity contribution < 1.29 is 17.9 Å². The van der Waals surface area contributed by atoms with Crippen molar-refractivity contribution in [2.24, 2.45) is 0 Å². The number of aromatic nitrogens is 2. The van der Waals surface area contributed by atoms with Gasteiger partial charge in [0.1, 0.15) is 5.52 Å². The van der Waals surface area contributed by atoms with Crippen molar-refractivity contribution in [2.75, 3.05) is 11.4 Å². The first-order valence-corrected chi connectivity index (χ1v) is 8.05. The molecule has 1 aliphatic rings. The average Bonchev–Trinajstić information content (AvgIpc) is 3.13. The molecule has 2 aromatic rings. The molecule has 122 valence electrons.